The number of carbonyl (C=O) groups is 2. The lowest BCUT2D eigenvalue weighted by atomic mass is 9.99. The van der Waals surface area contributed by atoms with Gasteiger partial charge in [0.05, 0.1) is 12.5 Å². The number of fused-ring (bicyclic) bond motifs is 2. The molecule has 0 fully saturated rings. The van der Waals surface area contributed by atoms with Gasteiger partial charge < -0.3 is 20.7 Å². The molecule has 4 rings (SSSR count). The average Bonchev–Trinajstić information content (AvgIpc) is 3.31. The number of aliphatic carboxylic acids is 1. The second-order valence-corrected chi connectivity index (χ2v) is 7.27. The standard InChI is InChI=1S/C23H23N3O3/c1-24-20-10-9-17-14(6-4-7-18(17)20)12-22(27)26-21(23(28)29)13-16-11-15-5-2-3-8-19(15)25-16/h2-11,20-21,24-25H,12-13H2,1H3,(H,26,27)(H,28,29)/t20?,21-/m1/s1. The highest BCUT2D eigenvalue weighted by Crippen LogP contribution is 2.30. The Morgan fingerprint density at radius 1 is 1.17 bits per heavy atom. The second-order valence-electron chi connectivity index (χ2n) is 7.27. The van der Waals surface area contributed by atoms with Gasteiger partial charge >= 0.3 is 5.97 Å². The summed E-state index contributed by atoms with van der Waals surface area (Å²) < 4.78 is 0. The first-order valence-corrected chi connectivity index (χ1v) is 9.61. The normalized spacial score (nSPS) is 16.0. The van der Waals surface area contributed by atoms with E-state index >= 15 is 0 Å². The molecular formula is C23H23N3O3. The van der Waals surface area contributed by atoms with Crippen LogP contribution < -0.4 is 10.6 Å². The van der Waals surface area contributed by atoms with Crippen molar-refractivity contribution in [3.63, 3.8) is 0 Å². The number of aromatic nitrogens is 1. The van der Waals surface area contributed by atoms with Crippen LogP contribution in [0.5, 0.6) is 0 Å². The smallest absolute Gasteiger partial charge is 0.326 e. The Kier molecular flexibility index (Phi) is 5.18. The van der Waals surface area contributed by atoms with E-state index in [4.69, 9.17) is 0 Å². The fraction of sp³-hybridized carbons (Fsp3) is 0.217. The summed E-state index contributed by atoms with van der Waals surface area (Å²) in [5.74, 6) is -1.35. The van der Waals surface area contributed by atoms with Crippen LogP contribution in [0.1, 0.15) is 28.4 Å². The summed E-state index contributed by atoms with van der Waals surface area (Å²) in [5.41, 5.74) is 4.78. The molecule has 6 heteroatoms. The van der Waals surface area contributed by atoms with Gasteiger partial charge in [-0.05, 0) is 41.3 Å². The third-order valence-electron chi connectivity index (χ3n) is 5.33. The summed E-state index contributed by atoms with van der Waals surface area (Å²) in [6.07, 6.45) is 4.41. The zero-order valence-electron chi connectivity index (χ0n) is 16.1. The minimum absolute atomic E-state index is 0.139. The van der Waals surface area contributed by atoms with Gasteiger partial charge in [-0.25, -0.2) is 4.79 Å². The molecule has 29 heavy (non-hydrogen) atoms. The van der Waals surface area contributed by atoms with Gasteiger partial charge in [-0.15, -0.1) is 0 Å². The summed E-state index contributed by atoms with van der Waals surface area (Å²) in [4.78, 5) is 27.6. The number of amides is 1. The number of likely N-dealkylation sites (N-methyl/N-ethyl adjacent to an activating group) is 1. The Labute approximate surface area is 168 Å². The predicted molar refractivity (Wildman–Crippen MR) is 113 cm³/mol. The van der Waals surface area contributed by atoms with Crippen LogP contribution in [0.2, 0.25) is 0 Å². The zero-order chi connectivity index (χ0) is 20.4. The van der Waals surface area contributed by atoms with Gasteiger partial charge in [-0.2, -0.15) is 0 Å². The maximum atomic E-state index is 12.6. The van der Waals surface area contributed by atoms with E-state index in [1.165, 1.54) is 0 Å². The van der Waals surface area contributed by atoms with Crippen LogP contribution in [-0.4, -0.2) is 35.1 Å². The van der Waals surface area contributed by atoms with E-state index in [0.29, 0.717) is 0 Å². The summed E-state index contributed by atoms with van der Waals surface area (Å²) in [6.45, 7) is 0. The highest BCUT2D eigenvalue weighted by Gasteiger charge is 2.23. The van der Waals surface area contributed by atoms with Gasteiger partial charge in [0.1, 0.15) is 6.04 Å². The molecule has 1 amide bonds. The van der Waals surface area contributed by atoms with Gasteiger partial charge in [-0.3, -0.25) is 4.79 Å². The van der Waals surface area contributed by atoms with Crippen molar-refractivity contribution in [1.29, 1.82) is 0 Å². The molecule has 0 saturated carbocycles. The first-order chi connectivity index (χ1) is 14.0. The Morgan fingerprint density at radius 3 is 2.76 bits per heavy atom. The Balaban J connectivity index is 1.47. The van der Waals surface area contributed by atoms with Crippen LogP contribution in [0.4, 0.5) is 0 Å². The molecule has 4 N–H and O–H groups in total. The number of carboxylic acids is 1. The van der Waals surface area contributed by atoms with Crippen molar-refractivity contribution in [2.24, 2.45) is 0 Å². The van der Waals surface area contributed by atoms with Crippen LogP contribution in [0.3, 0.4) is 0 Å². The minimum Gasteiger partial charge on any atom is -0.480 e. The third kappa shape index (κ3) is 3.93. The molecule has 1 unspecified atom stereocenters. The van der Waals surface area contributed by atoms with Crippen molar-refractivity contribution in [3.8, 4) is 0 Å². The largest absolute Gasteiger partial charge is 0.480 e. The number of aromatic amines is 1. The summed E-state index contributed by atoms with van der Waals surface area (Å²) >= 11 is 0. The molecule has 0 bridgehead atoms. The maximum Gasteiger partial charge on any atom is 0.326 e. The Bertz CT molecular complexity index is 1070. The molecule has 1 aliphatic carbocycles. The SMILES string of the molecule is CNC1C=Cc2c(CC(=O)N[C@H](Cc3cc4ccccc4[nH]3)C(=O)O)cccc21. The molecule has 3 aromatic rings. The highest BCUT2D eigenvalue weighted by atomic mass is 16.4. The van der Waals surface area contributed by atoms with Crippen molar-refractivity contribution in [3.05, 3.63) is 77.0 Å². The lowest BCUT2D eigenvalue weighted by molar-refractivity contribution is -0.141. The topological polar surface area (TPSA) is 94.2 Å². The van der Waals surface area contributed by atoms with Crippen molar-refractivity contribution in [2.45, 2.75) is 24.9 Å². The quantitative estimate of drug-likeness (QED) is 0.500. The van der Waals surface area contributed by atoms with Crippen LogP contribution in [-0.2, 0) is 22.4 Å². The molecule has 148 valence electrons. The zero-order valence-corrected chi connectivity index (χ0v) is 16.1. The van der Waals surface area contributed by atoms with Crippen LogP contribution >= 0.6 is 0 Å². The molecule has 0 radical (unpaired) electrons. The number of carboxylic acid groups (broad SMARTS) is 1. The van der Waals surface area contributed by atoms with E-state index in [0.717, 1.165) is 33.3 Å². The fourth-order valence-corrected chi connectivity index (χ4v) is 3.89. The lowest BCUT2D eigenvalue weighted by Gasteiger charge is -2.15. The van der Waals surface area contributed by atoms with Crippen molar-refractivity contribution >= 4 is 28.9 Å². The Hall–Kier alpha value is -3.38. The minimum atomic E-state index is -1.05. The highest BCUT2D eigenvalue weighted by molar-refractivity contribution is 5.86. The second kappa shape index (κ2) is 7.93. The number of rotatable bonds is 7. The van der Waals surface area contributed by atoms with Crippen LogP contribution in [0.15, 0.2) is 54.6 Å². The van der Waals surface area contributed by atoms with Crippen LogP contribution in [0, 0.1) is 0 Å². The number of hydrogen-bond donors (Lipinski definition) is 4. The van der Waals surface area contributed by atoms with E-state index in [1.54, 1.807) is 0 Å². The van der Waals surface area contributed by atoms with Crippen LogP contribution in [0.25, 0.3) is 17.0 Å². The van der Waals surface area contributed by atoms with E-state index in [2.05, 4.69) is 21.7 Å². The van der Waals surface area contributed by atoms with Gasteiger partial charge in [-0.1, -0.05) is 48.6 Å². The van der Waals surface area contributed by atoms with Gasteiger partial charge in [0, 0.05) is 17.6 Å². The number of H-pyrrole nitrogens is 1. The predicted octanol–water partition coefficient (Wildman–Crippen LogP) is 2.81. The molecule has 1 heterocycles. The van der Waals surface area contributed by atoms with Crippen molar-refractivity contribution < 1.29 is 14.7 Å². The Morgan fingerprint density at radius 2 is 2.00 bits per heavy atom. The molecular weight excluding hydrogens is 366 g/mol. The molecule has 1 aliphatic rings. The summed E-state index contributed by atoms with van der Waals surface area (Å²) in [5, 5.41) is 16.5. The molecule has 6 nitrogen and oxygen atoms in total. The van der Waals surface area contributed by atoms with E-state index in [-0.39, 0.29) is 24.8 Å². The van der Waals surface area contributed by atoms with E-state index in [9.17, 15) is 14.7 Å². The molecule has 0 saturated heterocycles. The number of para-hydroxylation sites is 1. The summed E-state index contributed by atoms with van der Waals surface area (Å²) in [7, 11) is 1.89. The fourth-order valence-electron chi connectivity index (χ4n) is 3.89. The number of benzene rings is 2. The first-order valence-electron chi connectivity index (χ1n) is 9.61. The molecule has 2 aromatic carbocycles. The number of carbonyl (C=O) groups excluding carboxylic acids is 1. The monoisotopic (exact) mass is 389 g/mol. The van der Waals surface area contributed by atoms with Crippen molar-refractivity contribution in [2.75, 3.05) is 7.05 Å². The van der Waals surface area contributed by atoms with Gasteiger partial charge in [0.2, 0.25) is 5.91 Å². The van der Waals surface area contributed by atoms with Crippen molar-refractivity contribution in [1.82, 2.24) is 15.6 Å². The number of nitrogens with one attached hydrogen (secondary N) is 3. The average molecular weight is 389 g/mol. The van der Waals surface area contributed by atoms with Gasteiger partial charge in [0.25, 0.3) is 0 Å². The summed E-state index contributed by atoms with van der Waals surface area (Å²) in [6, 6.07) is 14.7. The maximum absolute atomic E-state index is 12.6. The molecule has 0 aliphatic heterocycles. The van der Waals surface area contributed by atoms with Gasteiger partial charge in [0.15, 0.2) is 0 Å². The molecule has 1 aromatic heterocycles. The number of hydrogen-bond acceptors (Lipinski definition) is 3. The first kappa shape index (κ1) is 19.0. The van der Waals surface area contributed by atoms with E-state index < -0.39 is 12.0 Å². The van der Waals surface area contributed by atoms with E-state index in [1.807, 2.05) is 61.7 Å². The lowest BCUT2D eigenvalue weighted by Crippen LogP contribution is -2.43. The molecule has 0 spiro atoms. The third-order valence-corrected chi connectivity index (χ3v) is 5.33. The molecule has 2 atom stereocenters.